The van der Waals surface area contributed by atoms with Crippen LogP contribution >= 0.6 is 11.6 Å². The summed E-state index contributed by atoms with van der Waals surface area (Å²) >= 11 is 5.75. The Labute approximate surface area is 144 Å². The quantitative estimate of drug-likeness (QED) is 0.646. The van der Waals surface area contributed by atoms with E-state index in [1.807, 2.05) is 26.0 Å². The van der Waals surface area contributed by atoms with E-state index < -0.39 is 16.9 Å². The number of hydrogen-bond acceptors (Lipinski definition) is 4. The highest BCUT2D eigenvalue weighted by Crippen LogP contribution is 2.27. The van der Waals surface area contributed by atoms with Crippen molar-refractivity contribution in [2.45, 2.75) is 26.9 Å². The summed E-state index contributed by atoms with van der Waals surface area (Å²) < 4.78 is 5.69. The van der Waals surface area contributed by atoms with Gasteiger partial charge in [-0.2, -0.15) is 0 Å². The van der Waals surface area contributed by atoms with Gasteiger partial charge in [-0.25, -0.2) is 0 Å². The summed E-state index contributed by atoms with van der Waals surface area (Å²) in [4.78, 5) is 22.5. The van der Waals surface area contributed by atoms with Crippen LogP contribution in [0.25, 0.3) is 0 Å². The van der Waals surface area contributed by atoms with Crippen molar-refractivity contribution in [1.29, 1.82) is 0 Å². The molecule has 2 rings (SSSR count). The molecule has 0 spiro atoms. The molecule has 1 atom stereocenters. The van der Waals surface area contributed by atoms with E-state index in [0.717, 1.165) is 11.1 Å². The first-order valence-corrected chi connectivity index (χ1v) is 7.65. The lowest BCUT2D eigenvalue weighted by Gasteiger charge is -2.17. The van der Waals surface area contributed by atoms with Crippen molar-refractivity contribution in [3.05, 3.63) is 62.7 Å². The maximum Gasteiger partial charge on any atom is 0.289 e. The minimum absolute atomic E-state index is 0.0117. The number of carbonyl (C=O) groups excluding carboxylic acids is 1. The van der Waals surface area contributed by atoms with Gasteiger partial charge in [-0.15, -0.1) is 0 Å². The molecule has 0 saturated carbocycles. The van der Waals surface area contributed by atoms with E-state index in [-0.39, 0.29) is 16.4 Å². The number of rotatable bonds is 5. The van der Waals surface area contributed by atoms with Crippen LogP contribution in [0.5, 0.6) is 5.75 Å². The summed E-state index contributed by atoms with van der Waals surface area (Å²) in [5.41, 5.74) is 2.04. The number of nitro groups is 1. The fourth-order valence-electron chi connectivity index (χ4n) is 2.07. The third-order valence-electron chi connectivity index (χ3n) is 3.64. The van der Waals surface area contributed by atoms with E-state index in [1.165, 1.54) is 18.2 Å². The minimum atomic E-state index is -0.764. The first kappa shape index (κ1) is 17.7. The van der Waals surface area contributed by atoms with Crippen molar-refractivity contribution in [2.24, 2.45) is 0 Å². The van der Waals surface area contributed by atoms with Gasteiger partial charge < -0.3 is 10.1 Å². The Balaban J connectivity index is 2.10. The molecule has 0 radical (unpaired) electrons. The largest absolute Gasteiger partial charge is 0.481 e. The van der Waals surface area contributed by atoms with Crippen LogP contribution in [-0.4, -0.2) is 16.9 Å². The van der Waals surface area contributed by atoms with Crippen LogP contribution in [-0.2, 0) is 4.79 Å². The maximum atomic E-state index is 12.2. The third kappa shape index (κ3) is 4.02. The molecule has 0 aliphatic rings. The van der Waals surface area contributed by atoms with Gasteiger partial charge in [0.15, 0.2) is 6.10 Å². The predicted molar refractivity (Wildman–Crippen MR) is 92.7 cm³/mol. The summed E-state index contributed by atoms with van der Waals surface area (Å²) in [7, 11) is 0. The van der Waals surface area contributed by atoms with Crippen LogP contribution in [0.3, 0.4) is 0 Å². The van der Waals surface area contributed by atoms with Gasteiger partial charge in [-0.1, -0.05) is 23.7 Å². The molecular formula is C17H17ClN2O4. The monoisotopic (exact) mass is 348 g/mol. The molecule has 0 aliphatic heterocycles. The molecule has 0 heterocycles. The van der Waals surface area contributed by atoms with E-state index in [4.69, 9.17) is 16.3 Å². The molecular weight excluding hydrogens is 332 g/mol. The lowest BCUT2D eigenvalue weighted by Crippen LogP contribution is -2.30. The molecule has 126 valence electrons. The maximum absolute atomic E-state index is 12.2. The molecule has 2 aromatic rings. The third-order valence-corrected chi connectivity index (χ3v) is 3.96. The van der Waals surface area contributed by atoms with E-state index in [2.05, 4.69) is 5.32 Å². The van der Waals surface area contributed by atoms with Crippen LogP contribution in [0.1, 0.15) is 18.1 Å². The van der Waals surface area contributed by atoms with Crippen LogP contribution in [0.4, 0.5) is 11.4 Å². The van der Waals surface area contributed by atoms with Gasteiger partial charge in [0.05, 0.1) is 4.92 Å². The molecule has 24 heavy (non-hydrogen) atoms. The van der Waals surface area contributed by atoms with Gasteiger partial charge >= 0.3 is 0 Å². The molecule has 0 aliphatic carbocycles. The first-order chi connectivity index (χ1) is 11.3. The number of aryl methyl sites for hydroxylation is 1. The Kier molecular flexibility index (Phi) is 5.41. The number of carbonyl (C=O) groups is 1. The molecule has 0 aromatic heterocycles. The predicted octanol–water partition coefficient (Wildman–Crippen LogP) is 4.27. The van der Waals surface area contributed by atoms with Crippen molar-refractivity contribution in [1.82, 2.24) is 0 Å². The second-order valence-corrected chi connectivity index (χ2v) is 5.78. The smallest absolute Gasteiger partial charge is 0.289 e. The van der Waals surface area contributed by atoms with Gasteiger partial charge in [-0.3, -0.25) is 14.9 Å². The highest BCUT2D eigenvalue weighted by molar-refractivity contribution is 6.32. The molecule has 0 fully saturated rings. The molecule has 1 unspecified atom stereocenters. The van der Waals surface area contributed by atoms with Gasteiger partial charge in [0.1, 0.15) is 10.8 Å². The number of ether oxygens (including phenoxy) is 1. The highest BCUT2D eigenvalue weighted by Gasteiger charge is 2.18. The number of anilines is 1. The van der Waals surface area contributed by atoms with Gasteiger partial charge in [0.25, 0.3) is 11.6 Å². The van der Waals surface area contributed by atoms with E-state index in [0.29, 0.717) is 5.75 Å². The SMILES string of the molecule is Cc1cccc(OC(C)C(=O)Nc2ccc(Cl)c([N+](=O)[O-])c2)c1C. The highest BCUT2D eigenvalue weighted by atomic mass is 35.5. The van der Waals surface area contributed by atoms with Gasteiger partial charge in [0.2, 0.25) is 0 Å². The number of nitrogens with one attached hydrogen (secondary N) is 1. The minimum Gasteiger partial charge on any atom is -0.481 e. The van der Waals surface area contributed by atoms with Crippen LogP contribution in [0.15, 0.2) is 36.4 Å². The average molecular weight is 349 g/mol. The fraction of sp³-hybridized carbons (Fsp3) is 0.235. The summed E-state index contributed by atoms with van der Waals surface area (Å²) in [5, 5.41) is 13.5. The molecule has 7 heteroatoms. The number of halogens is 1. The van der Waals surface area contributed by atoms with E-state index in [9.17, 15) is 14.9 Å². The summed E-state index contributed by atoms with van der Waals surface area (Å²) in [5.74, 6) is 0.215. The Bertz CT molecular complexity index is 792. The second-order valence-electron chi connectivity index (χ2n) is 5.37. The fourth-order valence-corrected chi connectivity index (χ4v) is 2.26. The zero-order valence-corrected chi connectivity index (χ0v) is 14.3. The van der Waals surface area contributed by atoms with E-state index in [1.54, 1.807) is 13.0 Å². The van der Waals surface area contributed by atoms with Crippen molar-refractivity contribution < 1.29 is 14.5 Å². The summed E-state index contributed by atoms with van der Waals surface area (Å²) in [6.45, 7) is 5.49. The van der Waals surface area contributed by atoms with Crippen LogP contribution in [0, 0.1) is 24.0 Å². The molecule has 0 saturated heterocycles. The Morgan fingerprint density at radius 2 is 2.00 bits per heavy atom. The number of amides is 1. The number of hydrogen-bond donors (Lipinski definition) is 1. The normalized spacial score (nSPS) is 11.7. The Morgan fingerprint density at radius 3 is 2.67 bits per heavy atom. The van der Waals surface area contributed by atoms with Crippen molar-refractivity contribution in [2.75, 3.05) is 5.32 Å². The lowest BCUT2D eigenvalue weighted by atomic mass is 10.1. The second kappa shape index (κ2) is 7.31. The van der Waals surface area contributed by atoms with E-state index >= 15 is 0 Å². The summed E-state index contributed by atoms with van der Waals surface area (Å²) in [6.07, 6.45) is -0.764. The summed E-state index contributed by atoms with van der Waals surface area (Å²) in [6, 6.07) is 9.68. The zero-order chi connectivity index (χ0) is 17.9. The first-order valence-electron chi connectivity index (χ1n) is 7.27. The molecule has 2 aromatic carbocycles. The standard InChI is InChI=1S/C17H17ClN2O4/c1-10-5-4-6-16(11(10)2)24-12(3)17(21)19-13-7-8-14(18)15(9-13)20(22)23/h4-9,12H,1-3H3,(H,19,21). The van der Waals surface area contributed by atoms with Gasteiger partial charge in [-0.05, 0) is 50.1 Å². The average Bonchev–Trinajstić information content (AvgIpc) is 2.53. The molecule has 1 N–H and O–H groups in total. The number of nitrogens with zero attached hydrogens (tertiary/aromatic N) is 1. The topological polar surface area (TPSA) is 81.5 Å². The van der Waals surface area contributed by atoms with Crippen molar-refractivity contribution in [3.63, 3.8) is 0 Å². The van der Waals surface area contributed by atoms with Crippen molar-refractivity contribution >= 4 is 28.9 Å². The van der Waals surface area contributed by atoms with Gasteiger partial charge in [0, 0.05) is 11.8 Å². The number of benzene rings is 2. The lowest BCUT2D eigenvalue weighted by molar-refractivity contribution is -0.384. The Hall–Kier alpha value is -2.60. The van der Waals surface area contributed by atoms with Crippen LogP contribution < -0.4 is 10.1 Å². The van der Waals surface area contributed by atoms with Crippen LogP contribution in [0.2, 0.25) is 5.02 Å². The Morgan fingerprint density at radius 1 is 1.29 bits per heavy atom. The molecule has 1 amide bonds. The molecule has 0 bridgehead atoms. The molecule has 6 nitrogen and oxygen atoms in total. The number of nitro benzene ring substituents is 1. The zero-order valence-electron chi connectivity index (χ0n) is 13.5. The van der Waals surface area contributed by atoms with Crippen molar-refractivity contribution in [3.8, 4) is 5.75 Å².